The van der Waals surface area contributed by atoms with E-state index in [9.17, 15) is 4.79 Å². The SMILES string of the molecule is CC(C)=CCOc1nnnn1-c1cccc(-c2noc(=O)[nH]2)c1. The Morgan fingerprint density at radius 3 is 3.04 bits per heavy atom. The summed E-state index contributed by atoms with van der Waals surface area (Å²) in [6, 6.07) is 7.42. The third kappa shape index (κ3) is 3.34. The molecular formula is C14H14N6O3. The van der Waals surface area contributed by atoms with Crippen LogP contribution in [0.2, 0.25) is 0 Å². The molecule has 9 heteroatoms. The number of nitrogens with zero attached hydrogens (tertiary/aromatic N) is 5. The zero-order valence-corrected chi connectivity index (χ0v) is 12.6. The van der Waals surface area contributed by atoms with E-state index in [0.717, 1.165) is 5.57 Å². The Balaban J connectivity index is 1.89. The molecule has 2 aromatic heterocycles. The predicted molar refractivity (Wildman–Crippen MR) is 80.2 cm³/mol. The smallest absolute Gasteiger partial charge is 0.439 e. The summed E-state index contributed by atoms with van der Waals surface area (Å²) >= 11 is 0. The van der Waals surface area contributed by atoms with Crippen molar-refractivity contribution in [2.75, 3.05) is 6.61 Å². The van der Waals surface area contributed by atoms with Gasteiger partial charge in [0.1, 0.15) is 6.61 Å². The molecule has 1 aromatic carbocycles. The van der Waals surface area contributed by atoms with E-state index in [1.807, 2.05) is 26.0 Å². The van der Waals surface area contributed by atoms with Crippen LogP contribution >= 0.6 is 0 Å². The first-order valence-electron chi connectivity index (χ1n) is 6.85. The highest BCUT2D eigenvalue weighted by molar-refractivity contribution is 5.58. The fraction of sp³-hybridized carbons (Fsp3) is 0.214. The Labute approximate surface area is 130 Å². The first-order chi connectivity index (χ1) is 11.1. The molecule has 2 heterocycles. The van der Waals surface area contributed by atoms with Crippen molar-refractivity contribution in [3.05, 3.63) is 46.5 Å². The summed E-state index contributed by atoms with van der Waals surface area (Å²) in [6.45, 7) is 4.34. The van der Waals surface area contributed by atoms with Gasteiger partial charge < -0.3 is 4.74 Å². The molecule has 0 saturated heterocycles. The second-order valence-corrected chi connectivity index (χ2v) is 4.96. The summed E-state index contributed by atoms with van der Waals surface area (Å²) in [7, 11) is 0. The zero-order valence-electron chi connectivity index (χ0n) is 12.6. The standard InChI is InChI=1S/C14H14N6O3/c1-9(2)6-7-22-13-16-18-19-20(13)11-5-3-4-10(8-11)12-15-14(21)23-17-12/h3-6,8H,7H2,1-2H3,(H,15,17,21). The molecule has 23 heavy (non-hydrogen) atoms. The highest BCUT2D eigenvalue weighted by Gasteiger charge is 2.11. The third-order valence-corrected chi connectivity index (χ3v) is 2.95. The minimum atomic E-state index is -0.612. The number of rotatable bonds is 5. The predicted octanol–water partition coefficient (Wildman–Crippen LogP) is 1.35. The number of benzene rings is 1. The monoisotopic (exact) mass is 314 g/mol. The summed E-state index contributed by atoms with van der Waals surface area (Å²) in [5, 5.41) is 15.1. The number of nitrogens with one attached hydrogen (secondary N) is 1. The van der Waals surface area contributed by atoms with Crippen LogP contribution in [0, 0.1) is 0 Å². The van der Waals surface area contributed by atoms with Crippen LogP contribution in [-0.2, 0) is 0 Å². The number of hydrogen-bond donors (Lipinski definition) is 1. The largest absolute Gasteiger partial charge is 0.458 e. The lowest BCUT2D eigenvalue weighted by Gasteiger charge is -2.06. The number of aromatic nitrogens is 6. The minimum absolute atomic E-state index is 0.272. The molecule has 0 radical (unpaired) electrons. The molecule has 0 aliphatic rings. The number of aromatic amines is 1. The molecule has 3 rings (SSSR count). The van der Waals surface area contributed by atoms with Crippen molar-refractivity contribution < 1.29 is 9.26 Å². The van der Waals surface area contributed by atoms with Gasteiger partial charge in [-0.2, -0.15) is 4.68 Å². The van der Waals surface area contributed by atoms with Crippen LogP contribution in [-0.4, -0.2) is 37.0 Å². The highest BCUT2D eigenvalue weighted by Crippen LogP contribution is 2.20. The molecule has 0 saturated carbocycles. The molecule has 1 N–H and O–H groups in total. The second kappa shape index (κ2) is 6.26. The average Bonchev–Trinajstić information content (AvgIpc) is 3.16. The molecule has 0 unspecified atom stereocenters. The van der Waals surface area contributed by atoms with Gasteiger partial charge in [0.15, 0.2) is 5.82 Å². The van der Waals surface area contributed by atoms with E-state index in [4.69, 9.17) is 4.74 Å². The zero-order chi connectivity index (χ0) is 16.2. The summed E-state index contributed by atoms with van der Waals surface area (Å²) < 4.78 is 11.5. The first kappa shape index (κ1) is 14.7. The van der Waals surface area contributed by atoms with Crippen LogP contribution in [0.4, 0.5) is 0 Å². The van der Waals surface area contributed by atoms with Gasteiger partial charge in [0.2, 0.25) is 0 Å². The minimum Gasteiger partial charge on any atom is -0.458 e. The summed E-state index contributed by atoms with van der Waals surface area (Å²) in [4.78, 5) is 13.5. The van der Waals surface area contributed by atoms with Crippen LogP contribution in [0.25, 0.3) is 17.1 Å². The van der Waals surface area contributed by atoms with Gasteiger partial charge in [-0.1, -0.05) is 28.0 Å². The molecule has 0 bridgehead atoms. The van der Waals surface area contributed by atoms with Gasteiger partial charge in [0.25, 0.3) is 0 Å². The molecule has 0 atom stereocenters. The Hall–Kier alpha value is -3.23. The summed E-state index contributed by atoms with van der Waals surface area (Å²) in [6.07, 6.45) is 1.93. The van der Waals surface area contributed by atoms with Crippen molar-refractivity contribution in [3.8, 4) is 23.1 Å². The van der Waals surface area contributed by atoms with E-state index in [2.05, 4.69) is 30.2 Å². The molecular weight excluding hydrogens is 300 g/mol. The molecule has 9 nitrogen and oxygen atoms in total. The van der Waals surface area contributed by atoms with Gasteiger partial charge in [-0.05, 0) is 42.5 Å². The van der Waals surface area contributed by atoms with Crippen LogP contribution in [0.15, 0.2) is 45.2 Å². The maximum atomic E-state index is 11.1. The Morgan fingerprint density at radius 1 is 1.43 bits per heavy atom. The number of tetrazole rings is 1. The first-order valence-corrected chi connectivity index (χ1v) is 6.85. The lowest BCUT2D eigenvalue weighted by Crippen LogP contribution is -2.04. The molecule has 0 aliphatic heterocycles. The third-order valence-electron chi connectivity index (χ3n) is 2.95. The maximum Gasteiger partial charge on any atom is 0.439 e. The maximum absolute atomic E-state index is 11.1. The van der Waals surface area contributed by atoms with Crippen molar-refractivity contribution in [3.63, 3.8) is 0 Å². The molecule has 0 spiro atoms. The second-order valence-electron chi connectivity index (χ2n) is 4.96. The quantitative estimate of drug-likeness (QED) is 0.707. The van der Waals surface area contributed by atoms with Crippen LogP contribution in [0.3, 0.4) is 0 Å². The Kier molecular flexibility index (Phi) is 4.00. The van der Waals surface area contributed by atoms with Crippen LogP contribution in [0.5, 0.6) is 6.01 Å². The topological polar surface area (TPSA) is 112 Å². The van der Waals surface area contributed by atoms with E-state index in [-0.39, 0.29) is 6.01 Å². The van der Waals surface area contributed by atoms with Crippen LogP contribution in [0.1, 0.15) is 13.8 Å². The summed E-state index contributed by atoms with van der Waals surface area (Å²) in [5.41, 5.74) is 2.48. The van der Waals surface area contributed by atoms with Crippen LogP contribution < -0.4 is 10.5 Å². The van der Waals surface area contributed by atoms with Gasteiger partial charge in [0, 0.05) is 5.56 Å². The van der Waals surface area contributed by atoms with Gasteiger partial charge in [0.05, 0.1) is 5.69 Å². The van der Waals surface area contributed by atoms with Gasteiger partial charge in [-0.3, -0.25) is 9.51 Å². The Morgan fingerprint density at radius 2 is 2.30 bits per heavy atom. The fourth-order valence-electron chi connectivity index (χ4n) is 1.85. The van der Waals surface area contributed by atoms with E-state index in [1.165, 1.54) is 4.68 Å². The van der Waals surface area contributed by atoms with Gasteiger partial charge in [-0.25, -0.2) is 4.79 Å². The van der Waals surface area contributed by atoms with Crippen molar-refractivity contribution in [1.82, 2.24) is 30.3 Å². The highest BCUT2D eigenvalue weighted by atomic mass is 16.5. The van der Waals surface area contributed by atoms with Crippen molar-refractivity contribution >= 4 is 0 Å². The number of allylic oxidation sites excluding steroid dienone is 1. The number of ether oxygens (including phenoxy) is 1. The lowest BCUT2D eigenvalue weighted by molar-refractivity contribution is 0.322. The molecule has 0 aliphatic carbocycles. The van der Waals surface area contributed by atoms with Gasteiger partial charge >= 0.3 is 11.8 Å². The molecule has 0 fully saturated rings. The number of H-pyrrole nitrogens is 1. The fourth-order valence-corrected chi connectivity index (χ4v) is 1.85. The van der Waals surface area contributed by atoms with Crippen molar-refractivity contribution in [2.45, 2.75) is 13.8 Å². The van der Waals surface area contributed by atoms with E-state index in [1.54, 1.807) is 18.2 Å². The summed E-state index contributed by atoms with van der Waals surface area (Å²) in [5.74, 6) is -0.282. The molecule has 118 valence electrons. The Bertz CT molecular complexity index is 888. The van der Waals surface area contributed by atoms with Gasteiger partial charge in [-0.15, -0.1) is 0 Å². The molecule has 3 aromatic rings. The van der Waals surface area contributed by atoms with Crippen molar-refractivity contribution in [1.29, 1.82) is 0 Å². The lowest BCUT2D eigenvalue weighted by atomic mass is 10.2. The van der Waals surface area contributed by atoms with E-state index in [0.29, 0.717) is 23.7 Å². The average molecular weight is 314 g/mol. The van der Waals surface area contributed by atoms with E-state index < -0.39 is 5.76 Å². The van der Waals surface area contributed by atoms with E-state index >= 15 is 0 Å². The van der Waals surface area contributed by atoms with Crippen molar-refractivity contribution in [2.24, 2.45) is 0 Å². The normalized spacial score (nSPS) is 10.5. The number of hydrogen-bond acceptors (Lipinski definition) is 7. The molecule has 0 amide bonds.